The van der Waals surface area contributed by atoms with Crippen LogP contribution in [0.3, 0.4) is 0 Å². The summed E-state index contributed by atoms with van der Waals surface area (Å²) >= 11 is 3.38. The van der Waals surface area contributed by atoms with E-state index in [-0.39, 0.29) is 10.6 Å². The molecule has 6 heteroatoms. The van der Waals surface area contributed by atoms with Gasteiger partial charge in [0.05, 0.1) is 23.8 Å². The maximum Gasteiger partial charge on any atom is 0.149 e. The summed E-state index contributed by atoms with van der Waals surface area (Å²) in [6.45, 7) is 1.93. The predicted molar refractivity (Wildman–Crippen MR) is 65.2 cm³/mol. The monoisotopic (exact) mass is 299 g/mol. The highest BCUT2D eigenvalue weighted by Crippen LogP contribution is 2.22. The molecule has 0 fully saturated rings. The van der Waals surface area contributed by atoms with Crippen molar-refractivity contribution >= 4 is 15.9 Å². The third kappa shape index (κ3) is 2.46. The zero-order valence-corrected chi connectivity index (χ0v) is 11.0. The van der Waals surface area contributed by atoms with E-state index in [0.29, 0.717) is 11.4 Å². The van der Waals surface area contributed by atoms with Crippen molar-refractivity contribution in [2.75, 3.05) is 7.11 Å². The largest absolute Gasteiger partial charge is 0.497 e. The summed E-state index contributed by atoms with van der Waals surface area (Å²) in [7, 11) is 1.53. The Bertz CT molecular complexity index is 527. The smallest absolute Gasteiger partial charge is 0.149 e. The molecule has 0 saturated heterocycles. The number of nitrogens with zero attached hydrogens (tertiary/aromatic N) is 3. The van der Waals surface area contributed by atoms with E-state index in [1.54, 1.807) is 18.3 Å². The van der Waals surface area contributed by atoms with Gasteiger partial charge >= 0.3 is 0 Å². The van der Waals surface area contributed by atoms with E-state index in [2.05, 4.69) is 26.2 Å². The number of hydrogen-bond donors (Lipinski definition) is 0. The maximum absolute atomic E-state index is 13.6. The Labute approximate surface area is 107 Å². The molecule has 1 aromatic carbocycles. The van der Waals surface area contributed by atoms with Gasteiger partial charge < -0.3 is 4.74 Å². The van der Waals surface area contributed by atoms with E-state index in [1.165, 1.54) is 17.9 Å². The van der Waals surface area contributed by atoms with E-state index < -0.39 is 0 Å². The van der Waals surface area contributed by atoms with Crippen LogP contribution in [0, 0.1) is 5.82 Å². The number of alkyl halides is 1. The average Bonchev–Trinajstić information content (AvgIpc) is 2.79. The Morgan fingerprint density at radius 1 is 1.47 bits per heavy atom. The lowest BCUT2D eigenvalue weighted by Gasteiger charge is -2.05. The molecular weight excluding hydrogens is 289 g/mol. The topological polar surface area (TPSA) is 39.9 Å². The molecule has 0 spiro atoms. The highest BCUT2D eigenvalue weighted by Gasteiger charge is 2.11. The second kappa shape index (κ2) is 4.83. The fourth-order valence-electron chi connectivity index (χ4n) is 1.37. The summed E-state index contributed by atoms with van der Waals surface area (Å²) in [4.78, 5) is 0.0740. The van der Waals surface area contributed by atoms with Gasteiger partial charge in [-0.15, -0.1) is 5.10 Å². The minimum absolute atomic E-state index is 0.0740. The lowest BCUT2D eigenvalue weighted by Crippen LogP contribution is -1.99. The number of hydrogen-bond acceptors (Lipinski definition) is 3. The molecule has 0 aliphatic rings. The maximum atomic E-state index is 13.6. The van der Waals surface area contributed by atoms with Gasteiger partial charge in [-0.05, 0) is 19.1 Å². The van der Waals surface area contributed by atoms with Crippen LogP contribution >= 0.6 is 15.9 Å². The Hall–Kier alpha value is -1.43. The highest BCUT2D eigenvalue weighted by atomic mass is 79.9. The first-order chi connectivity index (χ1) is 8.11. The molecule has 1 aromatic heterocycles. The van der Waals surface area contributed by atoms with Crippen molar-refractivity contribution in [3.05, 3.63) is 35.9 Å². The van der Waals surface area contributed by atoms with Gasteiger partial charge in [-0.2, -0.15) is 0 Å². The summed E-state index contributed by atoms with van der Waals surface area (Å²) in [6.07, 6.45) is 1.68. The molecule has 2 rings (SSSR count). The van der Waals surface area contributed by atoms with Crippen molar-refractivity contribution < 1.29 is 9.13 Å². The lowest BCUT2D eigenvalue weighted by molar-refractivity contribution is 0.413. The molecule has 0 bridgehead atoms. The van der Waals surface area contributed by atoms with Crippen molar-refractivity contribution in [3.63, 3.8) is 0 Å². The van der Waals surface area contributed by atoms with Crippen LogP contribution < -0.4 is 4.74 Å². The Balaban J connectivity index is 2.44. The predicted octanol–water partition coefficient (Wildman–Crippen LogP) is 2.87. The van der Waals surface area contributed by atoms with Crippen LogP contribution in [0.4, 0.5) is 4.39 Å². The normalized spacial score (nSPS) is 12.5. The standard InChI is InChI=1S/C11H11BrFN3O/c1-7(12)10-6-16(15-14-10)11-5-8(17-2)3-4-9(11)13/h3-7H,1-2H3. The van der Waals surface area contributed by atoms with E-state index in [1.807, 2.05) is 6.92 Å². The van der Waals surface area contributed by atoms with E-state index >= 15 is 0 Å². The number of benzene rings is 1. The molecule has 0 aliphatic carbocycles. The van der Waals surface area contributed by atoms with E-state index in [9.17, 15) is 4.39 Å². The third-order valence-electron chi connectivity index (χ3n) is 2.32. The molecule has 4 nitrogen and oxygen atoms in total. The Morgan fingerprint density at radius 2 is 2.24 bits per heavy atom. The molecule has 1 atom stereocenters. The first-order valence-corrected chi connectivity index (χ1v) is 5.93. The third-order valence-corrected chi connectivity index (χ3v) is 2.79. The van der Waals surface area contributed by atoms with Gasteiger partial charge in [0.25, 0.3) is 0 Å². The van der Waals surface area contributed by atoms with Crippen molar-refractivity contribution in [2.24, 2.45) is 0 Å². The lowest BCUT2D eigenvalue weighted by atomic mass is 10.3. The van der Waals surface area contributed by atoms with Gasteiger partial charge in [0.2, 0.25) is 0 Å². The molecule has 0 N–H and O–H groups in total. The molecule has 1 heterocycles. The summed E-state index contributed by atoms with van der Waals surface area (Å²) in [5, 5.41) is 7.83. The summed E-state index contributed by atoms with van der Waals surface area (Å²) in [5.74, 6) is 0.204. The fourth-order valence-corrected chi connectivity index (χ4v) is 1.58. The van der Waals surface area contributed by atoms with Gasteiger partial charge in [-0.25, -0.2) is 9.07 Å². The van der Waals surface area contributed by atoms with E-state index in [4.69, 9.17) is 4.74 Å². The van der Waals surface area contributed by atoms with Crippen molar-refractivity contribution in [3.8, 4) is 11.4 Å². The van der Waals surface area contributed by atoms with Gasteiger partial charge in [-0.1, -0.05) is 21.1 Å². The summed E-state index contributed by atoms with van der Waals surface area (Å²) < 4.78 is 20.1. The van der Waals surface area contributed by atoms with Gasteiger partial charge in [-0.3, -0.25) is 0 Å². The summed E-state index contributed by atoms with van der Waals surface area (Å²) in [5.41, 5.74) is 1.06. The molecule has 0 radical (unpaired) electrons. The fraction of sp³-hybridized carbons (Fsp3) is 0.273. The number of halogens is 2. The molecule has 1 unspecified atom stereocenters. The van der Waals surface area contributed by atoms with Crippen molar-refractivity contribution in [1.82, 2.24) is 15.0 Å². The second-order valence-corrected chi connectivity index (χ2v) is 4.89. The molecular formula is C11H11BrFN3O. The van der Waals surface area contributed by atoms with Crippen LogP contribution in [0.25, 0.3) is 5.69 Å². The number of ether oxygens (including phenoxy) is 1. The second-order valence-electron chi connectivity index (χ2n) is 3.52. The van der Waals surface area contributed by atoms with Crippen LogP contribution in [0.1, 0.15) is 17.4 Å². The minimum Gasteiger partial charge on any atom is -0.497 e. The quantitative estimate of drug-likeness (QED) is 0.818. The van der Waals surface area contributed by atoms with Crippen LogP contribution in [-0.4, -0.2) is 22.1 Å². The average molecular weight is 300 g/mol. The summed E-state index contributed by atoms with van der Waals surface area (Å²) in [6, 6.07) is 4.48. The van der Waals surface area contributed by atoms with Gasteiger partial charge in [0, 0.05) is 6.07 Å². The molecule has 0 saturated carbocycles. The number of methoxy groups -OCH3 is 1. The highest BCUT2D eigenvalue weighted by molar-refractivity contribution is 9.09. The first kappa shape index (κ1) is 12.0. The number of aromatic nitrogens is 3. The molecule has 0 aliphatic heterocycles. The SMILES string of the molecule is COc1ccc(F)c(-n2cc(C(C)Br)nn2)c1. The Morgan fingerprint density at radius 3 is 2.82 bits per heavy atom. The molecule has 0 amide bonds. The first-order valence-electron chi connectivity index (χ1n) is 5.02. The minimum atomic E-state index is -0.371. The molecule has 90 valence electrons. The molecule has 17 heavy (non-hydrogen) atoms. The molecule has 2 aromatic rings. The van der Waals surface area contributed by atoms with Gasteiger partial charge in [0.15, 0.2) is 0 Å². The van der Waals surface area contributed by atoms with Crippen LogP contribution in [-0.2, 0) is 0 Å². The number of rotatable bonds is 3. The zero-order chi connectivity index (χ0) is 12.4. The van der Waals surface area contributed by atoms with E-state index in [0.717, 1.165) is 5.69 Å². The van der Waals surface area contributed by atoms with Crippen LogP contribution in [0.5, 0.6) is 5.75 Å². The van der Waals surface area contributed by atoms with Crippen LogP contribution in [0.15, 0.2) is 24.4 Å². The van der Waals surface area contributed by atoms with Crippen molar-refractivity contribution in [2.45, 2.75) is 11.8 Å². The van der Waals surface area contributed by atoms with Gasteiger partial charge in [0.1, 0.15) is 17.3 Å². The Kier molecular flexibility index (Phi) is 3.42. The van der Waals surface area contributed by atoms with Crippen LogP contribution in [0.2, 0.25) is 0 Å². The zero-order valence-electron chi connectivity index (χ0n) is 9.39. The van der Waals surface area contributed by atoms with Crippen molar-refractivity contribution in [1.29, 1.82) is 0 Å².